The molecule has 0 spiro atoms. The zero-order valence-electron chi connectivity index (χ0n) is 12.9. The second-order valence-corrected chi connectivity index (χ2v) is 4.72. The lowest BCUT2D eigenvalue weighted by Gasteiger charge is -2.17. The number of nitrogens with zero attached hydrogens (tertiary/aromatic N) is 2. The van der Waals surface area contributed by atoms with Gasteiger partial charge in [0, 0.05) is 27.7 Å². The lowest BCUT2D eigenvalue weighted by atomic mass is 10.2. The van der Waals surface area contributed by atoms with E-state index in [0.29, 0.717) is 25.7 Å². The highest BCUT2D eigenvalue weighted by Gasteiger charge is 2.05. The van der Waals surface area contributed by atoms with Gasteiger partial charge in [-0.15, -0.1) is 0 Å². The van der Waals surface area contributed by atoms with Crippen molar-refractivity contribution in [2.45, 2.75) is 6.54 Å². The fraction of sp³-hybridized carbons (Fsp3) is 0.467. The van der Waals surface area contributed by atoms with Crippen molar-refractivity contribution in [1.29, 1.82) is 0 Å². The fourth-order valence-electron chi connectivity index (χ4n) is 1.62. The molecule has 0 radical (unpaired) electrons. The van der Waals surface area contributed by atoms with Crippen molar-refractivity contribution >= 4 is 11.9 Å². The minimum Gasteiger partial charge on any atom is -0.383 e. The number of aliphatic imine (C=N–C) groups is 1. The number of ether oxygens (including phenoxy) is 1. The van der Waals surface area contributed by atoms with Gasteiger partial charge >= 0.3 is 0 Å². The first kappa shape index (κ1) is 17.0. The highest BCUT2D eigenvalue weighted by atomic mass is 16.5. The third kappa shape index (κ3) is 7.31. The summed E-state index contributed by atoms with van der Waals surface area (Å²) < 4.78 is 4.88. The number of amides is 1. The minimum absolute atomic E-state index is 0.0821. The van der Waals surface area contributed by atoms with Crippen LogP contribution >= 0.6 is 0 Å². The zero-order chi connectivity index (χ0) is 15.5. The van der Waals surface area contributed by atoms with Crippen LogP contribution in [0.2, 0.25) is 0 Å². The third-order valence-electron chi connectivity index (χ3n) is 2.71. The lowest BCUT2D eigenvalue weighted by molar-refractivity contribution is -0.120. The highest BCUT2D eigenvalue weighted by Crippen LogP contribution is 2.00. The van der Waals surface area contributed by atoms with E-state index in [9.17, 15) is 4.79 Å². The number of guanidine groups is 1. The molecule has 0 saturated carbocycles. The van der Waals surface area contributed by atoms with Crippen LogP contribution in [0, 0.1) is 0 Å². The van der Waals surface area contributed by atoms with E-state index >= 15 is 0 Å². The van der Waals surface area contributed by atoms with Gasteiger partial charge in [-0.3, -0.25) is 4.79 Å². The Bertz CT molecular complexity index is 446. The molecule has 6 nitrogen and oxygen atoms in total. The molecule has 6 heteroatoms. The van der Waals surface area contributed by atoms with E-state index in [0.717, 1.165) is 5.56 Å². The Labute approximate surface area is 126 Å². The molecule has 0 bridgehead atoms. The molecule has 0 fully saturated rings. The maximum atomic E-state index is 11.6. The molecule has 0 aromatic heterocycles. The van der Waals surface area contributed by atoms with Crippen LogP contribution in [0.3, 0.4) is 0 Å². The second kappa shape index (κ2) is 9.77. The number of hydrogen-bond donors (Lipinski definition) is 2. The van der Waals surface area contributed by atoms with E-state index in [2.05, 4.69) is 15.6 Å². The Morgan fingerprint density at radius 1 is 1.24 bits per heavy atom. The first-order valence-electron chi connectivity index (χ1n) is 6.88. The first-order chi connectivity index (χ1) is 10.1. The van der Waals surface area contributed by atoms with Crippen LogP contribution < -0.4 is 10.6 Å². The molecule has 1 amide bonds. The summed E-state index contributed by atoms with van der Waals surface area (Å²) in [6.45, 7) is 1.78. The van der Waals surface area contributed by atoms with E-state index in [1.54, 1.807) is 7.11 Å². The Hall–Kier alpha value is -2.08. The zero-order valence-corrected chi connectivity index (χ0v) is 12.9. The molecule has 1 rings (SSSR count). The Morgan fingerprint density at radius 2 is 1.95 bits per heavy atom. The molecular weight excluding hydrogens is 268 g/mol. The molecule has 1 aromatic carbocycles. The summed E-state index contributed by atoms with van der Waals surface area (Å²) in [6.07, 6.45) is 0. The molecule has 0 aliphatic heterocycles. The molecule has 21 heavy (non-hydrogen) atoms. The van der Waals surface area contributed by atoms with Crippen LogP contribution in [-0.4, -0.2) is 57.7 Å². The van der Waals surface area contributed by atoms with Gasteiger partial charge in [-0.1, -0.05) is 30.3 Å². The summed E-state index contributed by atoms with van der Waals surface area (Å²) >= 11 is 0. The number of benzene rings is 1. The van der Waals surface area contributed by atoms with Crippen LogP contribution in [-0.2, 0) is 16.1 Å². The highest BCUT2D eigenvalue weighted by molar-refractivity contribution is 5.86. The van der Waals surface area contributed by atoms with Crippen LogP contribution in [0.5, 0.6) is 0 Å². The van der Waals surface area contributed by atoms with Gasteiger partial charge in [0.15, 0.2) is 5.96 Å². The van der Waals surface area contributed by atoms with Crippen molar-refractivity contribution in [2.75, 3.05) is 40.9 Å². The van der Waals surface area contributed by atoms with Gasteiger partial charge in [-0.2, -0.15) is 0 Å². The van der Waals surface area contributed by atoms with Crippen LogP contribution in [0.4, 0.5) is 0 Å². The Balaban J connectivity index is 2.44. The first-order valence-corrected chi connectivity index (χ1v) is 6.88. The molecule has 0 aliphatic rings. The van der Waals surface area contributed by atoms with Crippen molar-refractivity contribution in [3.63, 3.8) is 0 Å². The molecule has 2 N–H and O–H groups in total. The minimum atomic E-state index is -0.0821. The van der Waals surface area contributed by atoms with E-state index in [1.807, 2.05) is 49.3 Å². The lowest BCUT2D eigenvalue weighted by Crippen LogP contribution is -2.43. The van der Waals surface area contributed by atoms with Crippen molar-refractivity contribution in [3.8, 4) is 0 Å². The van der Waals surface area contributed by atoms with Crippen molar-refractivity contribution < 1.29 is 9.53 Å². The smallest absolute Gasteiger partial charge is 0.239 e. The molecular formula is C15H24N4O2. The normalized spacial score (nSPS) is 11.1. The molecule has 0 heterocycles. The predicted molar refractivity (Wildman–Crippen MR) is 84.2 cm³/mol. The number of carbonyl (C=O) groups excluding carboxylic acids is 1. The molecule has 1 aromatic rings. The quantitative estimate of drug-likeness (QED) is 0.435. The fourth-order valence-corrected chi connectivity index (χ4v) is 1.62. The summed E-state index contributed by atoms with van der Waals surface area (Å²) in [5, 5.41) is 5.79. The van der Waals surface area contributed by atoms with Gasteiger partial charge in [-0.25, -0.2) is 4.99 Å². The molecule has 0 unspecified atom stereocenters. The van der Waals surface area contributed by atoms with Crippen molar-refractivity contribution in [1.82, 2.24) is 15.5 Å². The van der Waals surface area contributed by atoms with Gasteiger partial charge in [0.2, 0.25) is 5.91 Å². The average molecular weight is 292 g/mol. The summed E-state index contributed by atoms with van der Waals surface area (Å²) in [5.41, 5.74) is 1.13. The largest absolute Gasteiger partial charge is 0.383 e. The summed E-state index contributed by atoms with van der Waals surface area (Å²) in [4.78, 5) is 18.0. The standard InChI is InChI=1S/C15H24N4O2/c1-19(2)15(17-11-13-7-5-4-6-8-13)18-12-14(20)16-9-10-21-3/h4-8H,9-12H2,1-3H3,(H,16,20)(H,17,18). The van der Waals surface area contributed by atoms with Crippen LogP contribution in [0.1, 0.15) is 5.56 Å². The van der Waals surface area contributed by atoms with Gasteiger partial charge < -0.3 is 20.3 Å². The molecule has 0 aliphatic carbocycles. The number of carbonyl (C=O) groups is 1. The van der Waals surface area contributed by atoms with Crippen molar-refractivity contribution in [2.24, 2.45) is 4.99 Å². The molecule has 116 valence electrons. The Kier molecular flexibility index (Phi) is 7.89. The third-order valence-corrected chi connectivity index (χ3v) is 2.71. The van der Waals surface area contributed by atoms with E-state index in [4.69, 9.17) is 4.74 Å². The topological polar surface area (TPSA) is 66.0 Å². The monoisotopic (exact) mass is 292 g/mol. The SMILES string of the molecule is COCCNC(=O)CNC(=NCc1ccccc1)N(C)C. The van der Waals surface area contributed by atoms with Crippen LogP contribution in [0.25, 0.3) is 0 Å². The van der Waals surface area contributed by atoms with Gasteiger partial charge in [0.1, 0.15) is 0 Å². The van der Waals surface area contributed by atoms with Gasteiger partial charge in [0.05, 0.1) is 19.7 Å². The summed E-state index contributed by atoms with van der Waals surface area (Å²) in [7, 11) is 5.38. The van der Waals surface area contributed by atoms with Gasteiger partial charge in [-0.05, 0) is 5.56 Å². The van der Waals surface area contributed by atoms with E-state index < -0.39 is 0 Å². The summed E-state index contributed by atoms with van der Waals surface area (Å²) in [6, 6.07) is 9.98. The number of nitrogens with one attached hydrogen (secondary N) is 2. The summed E-state index contributed by atoms with van der Waals surface area (Å²) in [5.74, 6) is 0.599. The molecule has 0 atom stereocenters. The Morgan fingerprint density at radius 3 is 2.57 bits per heavy atom. The average Bonchev–Trinajstić information content (AvgIpc) is 2.48. The second-order valence-electron chi connectivity index (χ2n) is 4.72. The number of rotatable bonds is 7. The number of hydrogen-bond acceptors (Lipinski definition) is 3. The van der Waals surface area contributed by atoms with Crippen molar-refractivity contribution in [3.05, 3.63) is 35.9 Å². The van der Waals surface area contributed by atoms with E-state index in [-0.39, 0.29) is 12.5 Å². The molecule has 0 saturated heterocycles. The number of methoxy groups -OCH3 is 1. The van der Waals surface area contributed by atoms with E-state index in [1.165, 1.54) is 0 Å². The maximum Gasteiger partial charge on any atom is 0.239 e. The maximum absolute atomic E-state index is 11.6. The predicted octanol–water partition coefficient (Wildman–Crippen LogP) is 0.456. The van der Waals surface area contributed by atoms with Crippen LogP contribution in [0.15, 0.2) is 35.3 Å². The van der Waals surface area contributed by atoms with Gasteiger partial charge in [0.25, 0.3) is 0 Å².